The zero-order valence-electron chi connectivity index (χ0n) is 15.2. The summed E-state index contributed by atoms with van der Waals surface area (Å²) in [5, 5.41) is 9.73. The van der Waals surface area contributed by atoms with Crippen LogP contribution in [0.15, 0.2) is 12.3 Å². The van der Waals surface area contributed by atoms with Crippen molar-refractivity contribution in [1.29, 1.82) is 0 Å². The molecular formula is C14H16F3N3O4. The van der Waals surface area contributed by atoms with E-state index in [0.717, 1.165) is 12.8 Å². The van der Waals surface area contributed by atoms with Gasteiger partial charge in [0.15, 0.2) is 5.78 Å². The van der Waals surface area contributed by atoms with Crippen molar-refractivity contribution in [2.24, 2.45) is 5.92 Å². The molecule has 0 aliphatic heterocycles. The maximum atomic E-state index is 11.8. The highest BCUT2D eigenvalue weighted by Gasteiger charge is 2.38. The first-order chi connectivity index (χ1) is 12.2. The number of ketones is 1. The van der Waals surface area contributed by atoms with Crippen molar-refractivity contribution >= 4 is 29.2 Å². The number of carbonyl (C=O) groups is 3. The smallest absolute Gasteiger partial charge is 0.475 e. The molecule has 4 N–H and O–H groups in total. The topological polar surface area (TPSA) is 122 Å². The summed E-state index contributed by atoms with van der Waals surface area (Å²) in [6.45, 7) is -2.34. The summed E-state index contributed by atoms with van der Waals surface area (Å²) in [4.78, 5) is 36.1. The molecule has 0 unspecified atom stereocenters. The SMILES string of the molecule is O=C(O)C(F)(F)F.[2H]C([2H])([2H])CC(=O)c1cnc(NC(=O)C2CC2)cc1N. The Morgan fingerprint density at radius 3 is 2.46 bits per heavy atom. The van der Waals surface area contributed by atoms with E-state index in [1.54, 1.807) is 0 Å². The monoisotopic (exact) mass is 350 g/mol. The van der Waals surface area contributed by atoms with Gasteiger partial charge >= 0.3 is 12.1 Å². The molecule has 0 saturated heterocycles. The molecule has 10 heteroatoms. The predicted molar refractivity (Wildman–Crippen MR) is 78.3 cm³/mol. The summed E-state index contributed by atoms with van der Waals surface area (Å²) >= 11 is 0. The van der Waals surface area contributed by atoms with Crippen molar-refractivity contribution in [2.45, 2.75) is 32.3 Å². The van der Waals surface area contributed by atoms with Crippen LogP contribution in [-0.2, 0) is 9.59 Å². The quantitative estimate of drug-likeness (QED) is 0.716. The zero-order chi connectivity index (χ0) is 21.0. The molecule has 0 spiro atoms. The number of aliphatic carboxylic acids is 1. The fraction of sp³-hybridized carbons (Fsp3) is 0.429. The maximum absolute atomic E-state index is 11.8. The van der Waals surface area contributed by atoms with Gasteiger partial charge in [0.1, 0.15) is 5.82 Å². The summed E-state index contributed by atoms with van der Waals surface area (Å²) in [7, 11) is 0. The number of carboxylic acids is 1. The Kier molecular flexibility index (Phi) is 4.82. The van der Waals surface area contributed by atoms with Crippen molar-refractivity contribution in [3.05, 3.63) is 17.8 Å². The molecule has 0 bridgehead atoms. The van der Waals surface area contributed by atoms with E-state index in [9.17, 15) is 22.8 Å². The minimum atomic E-state index is -5.08. The number of hydrogen-bond donors (Lipinski definition) is 3. The molecule has 0 atom stereocenters. The average molecular weight is 350 g/mol. The molecule has 1 aliphatic carbocycles. The van der Waals surface area contributed by atoms with Crippen LogP contribution in [-0.4, -0.2) is 33.9 Å². The van der Waals surface area contributed by atoms with Gasteiger partial charge in [-0.25, -0.2) is 9.78 Å². The molecule has 24 heavy (non-hydrogen) atoms. The Morgan fingerprint density at radius 1 is 1.46 bits per heavy atom. The third-order valence-electron chi connectivity index (χ3n) is 2.84. The lowest BCUT2D eigenvalue weighted by atomic mass is 10.1. The number of nitrogen functional groups attached to an aromatic ring is 1. The normalized spacial score (nSPS) is 15.9. The number of rotatable bonds is 4. The van der Waals surface area contributed by atoms with Crippen LogP contribution in [0, 0.1) is 5.92 Å². The molecule has 1 amide bonds. The van der Waals surface area contributed by atoms with Gasteiger partial charge in [-0.05, 0) is 12.8 Å². The van der Waals surface area contributed by atoms with Crippen molar-refractivity contribution in [3.63, 3.8) is 0 Å². The number of hydrogen-bond acceptors (Lipinski definition) is 5. The van der Waals surface area contributed by atoms with Crippen molar-refractivity contribution in [2.75, 3.05) is 11.1 Å². The molecule has 1 aromatic heterocycles. The van der Waals surface area contributed by atoms with Crippen molar-refractivity contribution in [3.8, 4) is 0 Å². The second-order valence-corrected chi connectivity index (χ2v) is 4.82. The van der Waals surface area contributed by atoms with Crippen LogP contribution in [0.25, 0.3) is 0 Å². The number of anilines is 2. The standard InChI is InChI=1S/C12H15N3O2.C2HF3O2/c1-2-10(16)8-6-14-11(5-9(8)13)15-12(17)7-3-4-7;3-2(4,5)1(6)7/h5-7H,2-4H2,1H3,(H3,13,14,15,17);(H,6,7)/i1D3;. The van der Waals surface area contributed by atoms with Gasteiger partial charge in [0.25, 0.3) is 0 Å². The Labute approximate surface area is 139 Å². The van der Waals surface area contributed by atoms with Crippen LogP contribution in [0.5, 0.6) is 0 Å². The van der Waals surface area contributed by atoms with E-state index in [-0.39, 0.29) is 28.9 Å². The third-order valence-corrected chi connectivity index (χ3v) is 2.84. The molecule has 0 aromatic carbocycles. The summed E-state index contributed by atoms with van der Waals surface area (Å²) < 4.78 is 52.9. The van der Waals surface area contributed by atoms with E-state index in [2.05, 4.69) is 10.3 Å². The Bertz CT molecular complexity index is 735. The summed E-state index contributed by atoms with van der Waals surface area (Å²) in [5.74, 6) is -3.15. The fourth-order valence-electron chi connectivity index (χ4n) is 1.44. The lowest BCUT2D eigenvalue weighted by Crippen LogP contribution is -2.21. The molecule has 2 rings (SSSR count). The molecule has 1 saturated carbocycles. The van der Waals surface area contributed by atoms with E-state index in [1.807, 2.05) is 0 Å². The molecular weight excluding hydrogens is 331 g/mol. The highest BCUT2D eigenvalue weighted by Crippen LogP contribution is 2.30. The number of pyridine rings is 1. The number of Topliss-reactive ketones (excluding diaryl/α,β-unsaturated/α-hetero) is 1. The van der Waals surface area contributed by atoms with E-state index in [4.69, 9.17) is 19.7 Å². The number of amides is 1. The highest BCUT2D eigenvalue weighted by molar-refractivity contribution is 6.01. The van der Waals surface area contributed by atoms with Gasteiger partial charge in [-0.2, -0.15) is 13.2 Å². The van der Waals surface area contributed by atoms with Gasteiger partial charge in [-0.1, -0.05) is 6.85 Å². The molecule has 1 fully saturated rings. The van der Waals surface area contributed by atoms with Crippen LogP contribution in [0.1, 0.15) is 40.6 Å². The average Bonchev–Trinajstić information content (AvgIpc) is 3.29. The van der Waals surface area contributed by atoms with Gasteiger partial charge < -0.3 is 16.2 Å². The van der Waals surface area contributed by atoms with Crippen molar-refractivity contribution in [1.82, 2.24) is 4.98 Å². The summed E-state index contributed by atoms with van der Waals surface area (Å²) in [6, 6.07) is 1.37. The van der Waals surface area contributed by atoms with Crippen LogP contribution in [0.4, 0.5) is 24.7 Å². The van der Waals surface area contributed by atoms with Crippen molar-refractivity contribution < 1.29 is 36.8 Å². The van der Waals surface area contributed by atoms with Gasteiger partial charge in [0.2, 0.25) is 5.91 Å². The molecule has 1 aliphatic rings. The van der Waals surface area contributed by atoms with Crippen LogP contribution >= 0.6 is 0 Å². The lowest BCUT2D eigenvalue weighted by molar-refractivity contribution is -0.192. The highest BCUT2D eigenvalue weighted by atomic mass is 19.4. The minimum absolute atomic E-state index is 0.0369. The molecule has 132 valence electrons. The number of nitrogens with two attached hydrogens (primary N) is 1. The Balaban J connectivity index is 0.000000445. The first-order valence-electron chi connectivity index (χ1n) is 8.10. The number of aromatic nitrogens is 1. The maximum Gasteiger partial charge on any atom is 0.490 e. The third kappa shape index (κ3) is 5.86. The van der Waals surface area contributed by atoms with E-state index in [0.29, 0.717) is 0 Å². The van der Waals surface area contributed by atoms with Gasteiger partial charge in [-0.15, -0.1) is 0 Å². The fourth-order valence-corrected chi connectivity index (χ4v) is 1.44. The largest absolute Gasteiger partial charge is 0.490 e. The van der Waals surface area contributed by atoms with Crippen LogP contribution in [0.2, 0.25) is 0 Å². The van der Waals surface area contributed by atoms with Crippen LogP contribution in [0.3, 0.4) is 0 Å². The number of alkyl halides is 3. The van der Waals surface area contributed by atoms with Gasteiger partial charge in [-0.3, -0.25) is 9.59 Å². The molecule has 7 nitrogen and oxygen atoms in total. The van der Waals surface area contributed by atoms with Gasteiger partial charge in [0, 0.05) is 34.4 Å². The number of carbonyl (C=O) groups excluding carboxylic acids is 2. The van der Waals surface area contributed by atoms with Gasteiger partial charge in [0.05, 0.1) is 5.56 Å². The van der Waals surface area contributed by atoms with E-state index >= 15 is 0 Å². The second-order valence-electron chi connectivity index (χ2n) is 4.82. The predicted octanol–water partition coefficient (Wildman–Crippen LogP) is 2.24. The summed E-state index contributed by atoms with van der Waals surface area (Å²) in [5.41, 5.74) is 5.88. The summed E-state index contributed by atoms with van der Waals surface area (Å²) in [6.07, 6.45) is -2.73. The van der Waals surface area contributed by atoms with E-state index in [1.165, 1.54) is 12.3 Å². The molecule has 1 aromatic rings. The van der Waals surface area contributed by atoms with E-state index < -0.39 is 31.2 Å². The molecule has 1 heterocycles. The lowest BCUT2D eigenvalue weighted by Gasteiger charge is -2.07. The number of halogens is 3. The first-order valence-corrected chi connectivity index (χ1v) is 6.60. The minimum Gasteiger partial charge on any atom is -0.475 e. The number of nitrogens with zero attached hydrogens (tertiary/aromatic N) is 1. The Morgan fingerprint density at radius 2 is 2.04 bits per heavy atom. The Hall–Kier alpha value is -2.65. The molecule has 0 radical (unpaired) electrons. The number of nitrogens with one attached hydrogen (secondary N) is 1. The zero-order valence-corrected chi connectivity index (χ0v) is 12.2. The number of carboxylic acid groups (broad SMARTS) is 1. The second kappa shape index (κ2) is 7.75. The van der Waals surface area contributed by atoms with Crippen LogP contribution < -0.4 is 11.1 Å². The first kappa shape index (κ1) is 14.9.